The summed E-state index contributed by atoms with van der Waals surface area (Å²) in [7, 11) is 0. The lowest BCUT2D eigenvalue weighted by molar-refractivity contribution is -0.123. The van der Waals surface area contributed by atoms with Gasteiger partial charge in [0.25, 0.3) is 5.91 Å². The van der Waals surface area contributed by atoms with Crippen LogP contribution in [0.5, 0.6) is 0 Å². The molecule has 1 aliphatic heterocycles. The largest absolute Gasteiger partial charge is 0.503 e. The van der Waals surface area contributed by atoms with E-state index in [1.54, 1.807) is 45.2 Å². The molecule has 1 atom stereocenters. The highest BCUT2D eigenvalue weighted by Gasteiger charge is 2.47. The van der Waals surface area contributed by atoms with Crippen molar-refractivity contribution < 1.29 is 14.7 Å². The van der Waals surface area contributed by atoms with Gasteiger partial charge in [-0.1, -0.05) is 32.9 Å². The van der Waals surface area contributed by atoms with E-state index in [0.29, 0.717) is 11.4 Å². The number of carbonyl (C=O) groups excluding carboxylic acids is 2. The third kappa shape index (κ3) is 3.25. The molecular formula is C22H24N2O3. The van der Waals surface area contributed by atoms with E-state index in [9.17, 15) is 14.7 Å². The number of benzene rings is 1. The normalized spacial score (nSPS) is 17.6. The molecule has 5 heteroatoms. The van der Waals surface area contributed by atoms with Gasteiger partial charge in [0, 0.05) is 17.3 Å². The summed E-state index contributed by atoms with van der Waals surface area (Å²) in [6.07, 6.45) is 1.62. The van der Waals surface area contributed by atoms with E-state index in [1.165, 1.54) is 4.90 Å². The Morgan fingerprint density at radius 3 is 2.37 bits per heavy atom. The van der Waals surface area contributed by atoms with Gasteiger partial charge in [0.1, 0.15) is 6.04 Å². The first-order valence-electron chi connectivity index (χ1n) is 8.92. The van der Waals surface area contributed by atoms with Gasteiger partial charge in [-0.05, 0) is 49.2 Å². The van der Waals surface area contributed by atoms with Crippen LogP contribution in [0.3, 0.4) is 0 Å². The Morgan fingerprint density at radius 1 is 1.11 bits per heavy atom. The minimum Gasteiger partial charge on any atom is -0.503 e. The fraction of sp³-hybridized carbons (Fsp3) is 0.318. The first-order chi connectivity index (χ1) is 12.6. The van der Waals surface area contributed by atoms with E-state index >= 15 is 0 Å². The second-order valence-electron chi connectivity index (χ2n) is 7.94. The van der Waals surface area contributed by atoms with Crippen molar-refractivity contribution in [2.75, 3.05) is 4.90 Å². The fourth-order valence-electron chi connectivity index (χ4n) is 3.20. The van der Waals surface area contributed by atoms with Crippen molar-refractivity contribution in [2.45, 2.75) is 40.7 Å². The predicted octanol–water partition coefficient (Wildman–Crippen LogP) is 4.21. The summed E-state index contributed by atoms with van der Waals surface area (Å²) in [5.41, 5.74) is 2.65. The van der Waals surface area contributed by atoms with E-state index in [2.05, 4.69) is 4.98 Å². The van der Waals surface area contributed by atoms with Crippen molar-refractivity contribution >= 4 is 17.4 Å². The minimum absolute atomic E-state index is 0.101. The zero-order chi connectivity index (χ0) is 19.9. The van der Waals surface area contributed by atoms with Crippen LogP contribution in [0.25, 0.3) is 0 Å². The zero-order valence-corrected chi connectivity index (χ0v) is 16.3. The minimum atomic E-state index is -0.757. The summed E-state index contributed by atoms with van der Waals surface area (Å²) in [5, 5.41) is 10.6. The van der Waals surface area contributed by atoms with Crippen molar-refractivity contribution in [3.8, 4) is 0 Å². The number of pyridine rings is 1. The number of rotatable bonds is 3. The van der Waals surface area contributed by atoms with Gasteiger partial charge in [0.15, 0.2) is 11.5 Å². The molecule has 0 spiro atoms. The van der Waals surface area contributed by atoms with Crippen molar-refractivity contribution in [3.63, 3.8) is 0 Å². The molecule has 0 fully saturated rings. The maximum atomic E-state index is 13.1. The van der Waals surface area contributed by atoms with Crippen molar-refractivity contribution in [3.05, 3.63) is 70.7 Å². The topological polar surface area (TPSA) is 70.5 Å². The third-order valence-corrected chi connectivity index (χ3v) is 4.87. The number of anilines is 1. The lowest BCUT2D eigenvalue weighted by Gasteiger charge is -2.28. The van der Waals surface area contributed by atoms with Gasteiger partial charge in [0.05, 0.1) is 11.3 Å². The molecule has 5 nitrogen and oxygen atoms in total. The van der Waals surface area contributed by atoms with E-state index in [-0.39, 0.29) is 11.4 Å². The van der Waals surface area contributed by atoms with Gasteiger partial charge in [-0.2, -0.15) is 0 Å². The Labute approximate surface area is 159 Å². The van der Waals surface area contributed by atoms with Crippen LogP contribution in [-0.2, 0) is 9.59 Å². The van der Waals surface area contributed by atoms with Crippen LogP contribution < -0.4 is 4.90 Å². The Balaban J connectivity index is 2.21. The first-order valence-corrected chi connectivity index (χ1v) is 8.92. The van der Waals surface area contributed by atoms with Crippen LogP contribution in [0.1, 0.15) is 43.6 Å². The zero-order valence-electron chi connectivity index (χ0n) is 16.3. The van der Waals surface area contributed by atoms with Gasteiger partial charge in [0.2, 0.25) is 0 Å². The van der Waals surface area contributed by atoms with Crippen LogP contribution in [0.2, 0.25) is 0 Å². The molecular weight excluding hydrogens is 340 g/mol. The molecule has 27 heavy (non-hydrogen) atoms. The molecule has 1 aliphatic rings. The predicted molar refractivity (Wildman–Crippen MR) is 104 cm³/mol. The Hall–Kier alpha value is -2.95. The molecule has 0 saturated carbocycles. The fourth-order valence-corrected chi connectivity index (χ4v) is 3.20. The van der Waals surface area contributed by atoms with Crippen LogP contribution in [0.15, 0.2) is 53.9 Å². The van der Waals surface area contributed by atoms with E-state index < -0.39 is 23.1 Å². The van der Waals surface area contributed by atoms with Crippen LogP contribution in [-0.4, -0.2) is 21.8 Å². The number of aromatic nitrogens is 1. The maximum Gasteiger partial charge on any atom is 0.294 e. The average molecular weight is 364 g/mol. The number of nitrogens with zero attached hydrogens (tertiary/aromatic N) is 2. The Morgan fingerprint density at radius 2 is 1.81 bits per heavy atom. The van der Waals surface area contributed by atoms with Crippen molar-refractivity contribution in [1.29, 1.82) is 0 Å². The number of hydrogen-bond acceptors (Lipinski definition) is 4. The summed E-state index contributed by atoms with van der Waals surface area (Å²) in [4.78, 5) is 31.9. The summed E-state index contributed by atoms with van der Waals surface area (Å²) in [6, 6.07) is 10.2. The molecule has 0 bridgehead atoms. The number of carbonyl (C=O) groups is 2. The molecule has 140 valence electrons. The molecule has 0 aliphatic carbocycles. The monoisotopic (exact) mass is 364 g/mol. The van der Waals surface area contributed by atoms with E-state index in [1.807, 2.05) is 32.0 Å². The van der Waals surface area contributed by atoms with Crippen molar-refractivity contribution in [2.24, 2.45) is 5.41 Å². The molecule has 1 unspecified atom stereocenters. The van der Waals surface area contributed by atoms with Crippen LogP contribution in [0, 0.1) is 19.3 Å². The molecule has 2 aromatic rings. The number of ketones is 1. The van der Waals surface area contributed by atoms with Crippen LogP contribution in [0.4, 0.5) is 5.69 Å². The lowest BCUT2D eigenvalue weighted by atomic mass is 9.83. The van der Waals surface area contributed by atoms with Gasteiger partial charge < -0.3 is 5.11 Å². The second kappa shape index (κ2) is 6.65. The number of aryl methyl sites for hydroxylation is 2. The lowest BCUT2D eigenvalue weighted by Crippen LogP contribution is -2.33. The van der Waals surface area contributed by atoms with Crippen LogP contribution >= 0.6 is 0 Å². The molecule has 0 radical (unpaired) electrons. The average Bonchev–Trinajstić information content (AvgIpc) is 2.88. The van der Waals surface area contributed by atoms with E-state index in [4.69, 9.17) is 0 Å². The summed E-state index contributed by atoms with van der Waals surface area (Å²) >= 11 is 0. The highest BCUT2D eigenvalue weighted by molar-refractivity contribution is 6.17. The Bertz CT molecular complexity index is 940. The SMILES string of the molecule is Cc1ccc(N2C(=O)C(O)=C(C(=O)C(C)(C)C)C2c2ccccn2)cc1C. The van der Waals surface area contributed by atoms with E-state index in [0.717, 1.165) is 11.1 Å². The summed E-state index contributed by atoms with van der Waals surface area (Å²) in [6.45, 7) is 9.27. The van der Waals surface area contributed by atoms with Gasteiger partial charge in [-0.15, -0.1) is 0 Å². The third-order valence-electron chi connectivity index (χ3n) is 4.87. The second-order valence-corrected chi connectivity index (χ2v) is 7.94. The number of aliphatic hydroxyl groups excluding tert-OH is 1. The maximum absolute atomic E-state index is 13.1. The molecule has 1 amide bonds. The summed E-state index contributed by atoms with van der Waals surface area (Å²) < 4.78 is 0. The molecule has 2 heterocycles. The molecule has 1 aromatic carbocycles. The molecule has 1 aromatic heterocycles. The number of hydrogen-bond donors (Lipinski definition) is 1. The first kappa shape index (κ1) is 18.8. The highest BCUT2D eigenvalue weighted by atomic mass is 16.3. The number of aliphatic hydroxyl groups is 1. The number of Topliss-reactive ketones (excluding diaryl/α,β-unsaturated/α-hetero) is 1. The smallest absolute Gasteiger partial charge is 0.294 e. The standard InChI is InChI=1S/C22H24N2O3/c1-13-9-10-15(12-14(13)2)24-18(16-8-6-7-11-23-16)17(19(25)21(24)27)20(26)22(3,4)5/h6-12,18,25H,1-5H3. The molecule has 3 rings (SSSR count). The summed E-state index contributed by atoms with van der Waals surface area (Å²) in [5.74, 6) is -1.35. The van der Waals surface area contributed by atoms with Gasteiger partial charge in [-0.25, -0.2) is 0 Å². The van der Waals surface area contributed by atoms with Gasteiger partial charge in [-0.3, -0.25) is 19.5 Å². The molecule has 0 saturated heterocycles. The molecule has 1 N–H and O–H groups in total. The van der Waals surface area contributed by atoms with Crippen molar-refractivity contribution in [1.82, 2.24) is 4.98 Å². The number of amides is 1. The Kier molecular flexibility index (Phi) is 4.64. The quantitative estimate of drug-likeness (QED) is 0.885. The van der Waals surface area contributed by atoms with Gasteiger partial charge >= 0.3 is 0 Å². The highest BCUT2D eigenvalue weighted by Crippen LogP contribution is 2.42.